The molecule has 41 heavy (non-hydrogen) atoms. The summed E-state index contributed by atoms with van der Waals surface area (Å²) in [5.41, 5.74) is 12.6. The molecule has 1 amide bonds. The van der Waals surface area contributed by atoms with E-state index in [0.717, 1.165) is 11.6 Å². The lowest BCUT2D eigenvalue weighted by Crippen LogP contribution is -2.18. The van der Waals surface area contributed by atoms with E-state index in [4.69, 9.17) is 35.9 Å². The molecule has 3 aromatic heterocycles. The molecule has 0 spiro atoms. The average molecular weight is 560 g/mol. The van der Waals surface area contributed by atoms with Gasteiger partial charge in [0.05, 0.1) is 7.11 Å². The molecule has 8 N–H and O–H groups in total. The Labute approximate surface area is 231 Å². The van der Waals surface area contributed by atoms with E-state index < -0.39 is 23.6 Å². The van der Waals surface area contributed by atoms with Crippen molar-refractivity contribution in [2.24, 2.45) is 11.5 Å². The Morgan fingerprint density at radius 2 is 1.80 bits per heavy atom. The summed E-state index contributed by atoms with van der Waals surface area (Å²) in [6, 6.07) is 12.8. The summed E-state index contributed by atoms with van der Waals surface area (Å²) >= 11 is 0. The second-order valence-corrected chi connectivity index (χ2v) is 8.48. The maximum absolute atomic E-state index is 12.8. The Morgan fingerprint density at radius 1 is 1.15 bits per heavy atom. The molecule has 0 saturated heterocycles. The first kappa shape index (κ1) is 28.0. The molecule has 15 heteroatoms. The summed E-state index contributed by atoms with van der Waals surface area (Å²) in [6.07, 6.45) is 3.01. The van der Waals surface area contributed by atoms with E-state index in [1.165, 1.54) is 25.6 Å². The number of aromatic nitrogens is 5. The van der Waals surface area contributed by atoms with Crippen molar-refractivity contribution in [3.63, 3.8) is 0 Å². The lowest BCUT2D eigenvalue weighted by atomic mass is 10.0. The second kappa shape index (κ2) is 11.8. The Bertz CT molecular complexity index is 1770. The van der Waals surface area contributed by atoms with E-state index in [9.17, 15) is 9.59 Å². The molecule has 0 bridgehead atoms. The highest BCUT2D eigenvalue weighted by molar-refractivity contribution is 5.97. The number of benzene rings is 2. The lowest BCUT2D eigenvalue weighted by Gasteiger charge is -2.19. The number of ether oxygens (including phenoxy) is 1. The first-order valence-corrected chi connectivity index (χ1v) is 11.9. The maximum atomic E-state index is 12.8. The van der Waals surface area contributed by atoms with Crippen molar-refractivity contribution in [2.75, 3.05) is 12.4 Å². The topological polar surface area (TPSA) is 241 Å². The molecular weight excluding hydrogens is 534 g/mol. The van der Waals surface area contributed by atoms with E-state index in [0.29, 0.717) is 33.5 Å². The maximum Gasteiger partial charge on any atom is 0.350 e. The van der Waals surface area contributed by atoms with Crippen LogP contribution in [0.4, 0.5) is 5.69 Å². The van der Waals surface area contributed by atoms with Crippen LogP contribution in [0.15, 0.2) is 70.1 Å². The fourth-order valence-electron chi connectivity index (χ4n) is 3.81. The molecule has 5 aromatic rings. The third-order valence-corrected chi connectivity index (χ3v) is 5.56. The van der Waals surface area contributed by atoms with E-state index >= 15 is 0 Å². The number of furan rings is 1. The van der Waals surface area contributed by atoms with Crippen molar-refractivity contribution in [3.8, 4) is 11.7 Å². The van der Waals surface area contributed by atoms with E-state index in [1.807, 2.05) is 0 Å². The minimum Gasteiger partial charge on any atom is -0.493 e. The standard InChI is InChI=1S/C24H21N9O4.C2H4O2/c1-36-16-10-13(9-14-11-17(21(27)34)37-19(14)16)18(30-15-5-3-12(4-6-15)20(25)26)22-31-24(35)33(32-22)23-28-7-2-8-29-23;1-2(3)4/h2-11,18,30H,1H3,(H3,25,26)(H2,27,34)(H,31,32,35);1H3,(H,3,4). The summed E-state index contributed by atoms with van der Waals surface area (Å²) < 4.78 is 12.1. The van der Waals surface area contributed by atoms with Crippen LogP contribution in [-0.2, 0) is 4.79 Å². The van der Waals surface area contributed by atoms with Gasteiger partial charge in [0.1, 0.15) is 11.9 Å². The van der Waals surface area contributed by atoms with Gasteiger partial charge >= 0.3 is 5.69 Å². The van der Waals surface area contributed by atoms with Gasteiger partial charge in [0, 0.05) is 36.0 Å². The fraction of sp³-hybridized carbons (Fsp3) is 0.115. The Hall–Kier alpha value is -5.99. The van der Waals surface area contributed by atoms with Crippen LogP contribution in [0.3, 0.4) is 0 Å². The quantitative estimate of drug-likeness (QED) is 0.118. The molecule has 3 heterocycles. The van der Waals surface area contributed by atoms with Gasteiger partial charge < -0.3 is 31.0 Å². The predicted molar refractivity (Wildman–Crippen MR) is 147 cm³/mol. The first-order chi connectivity index (χ1) is 19.6. The van der Waals surface area contributed by atoms with E-state index in [-0.39, 0.29) is 23.4 Å². The fourth-order valence-corrected chi connectivity index (χ4v) is 3.81. The molecule has 210 valence electrons. The molecule has 0 aliphatic carbocycles. The van der Waals surface area contributed by atoms with Crippen LogP contribution in [0.1, 0.15) is 40.5 Å². The van der Waals surface area contributed by atoms with Crippen molar-refractivity contribution in [1.82, 2.24) is 24.7 Å². The number of aromatic amines is 1. The minimum atomic E-state index is -0.833. The summed E-state index contributed by atoms with van der Waals surface area (Å²) in [5.74, 6) is -0.914. The zero-order chi connectivity index (χ0) is 29.7. The van der Waals surface area contributed by atoms with E-state index in [2.05, 4.69) is 25.4 Å². The second-order valence-electron chi connectivity index (χ2n) is 8.48. The third kappa shape index (κ3) is 6.36. The minimum absolute atomic E-state index is 0.0197. The highest BCUT2D eigenvalue weighted by Crippen LogP contribution is 2.35. The number of carboxylic acid groups (broad SMARTS) is 1. The average Bonchev–Trinajstić information content (AvgIpc) is 3.55. The zero-order valence-electron chi connectivity index (χ0n) is 21.8. The number of H-pyrrole nitrogens is 1. The van der Waals surface area contributed by atoms with Gasteiger partial charge in [0.25, 0.3) is 17.8 Å². The summed E-state index contributed by atoms with van der Waals surface area (Å²) in [6.45, 7) is 1.08. The zero-order valence-corrected chi connectivity index (χ0v) is 21.8. The van der Waals surface area contributed by atoms with Crippen LogP contribution in [0.25, 0.3) is 16.9 Å². The van der Waals surface area contributed by atoms with Gasteiger partial charge in [-0.25, -0.2) is 14.8 Å². The number of nitrogens with two attached hydrogens (primary N) is 2. The number of nitrogens with one attached hydrogen (secondary N) is 3. The number of carboxylic acids is 1. The molecule has 1 unspecified atom stereocenters. The molecule has 0 aliphatic heterocycles. The number of hydrogen-bond acceptors (Lipinski definition) is 10. The Kier molecular flexibility index (Phi) is 8.08. The number of nitrogens with zero attached hydrogens (tertiary/aromatic N) is 4. The lowest BCUT2D eigenvalue weighted by molar-refractivity contribution is -0.134. The third-order valence-electron chi connectivity index (χ3n) is 5.56. The Morgan fingerprint density at radius 3 is 2.39 bits per heavy atom. The van der Waals surface area contributed by atoms with Gasteiger partial charge in [-0.15, -0.1) is 9.78 Å². The number of amidine groups is 1. The highest BCUT2D eigenvalue weighted by Gasteiger charge is 2.24. The van der Waals surface area contributed by atoms with Crippen molar-refractivity contribution in [2.45, 2.75) is 13.0 Å². The van der Waals surface area contributed by atoms with Crippen molar-refractivity contribution in [1.29, 1.82) is 5.41 Å². The predicted octanol–water partition coefficient (Wildman–Crippen LogP) is 1.78. The smallest absolute Gasteiger partial charge is 0.350 e. The van der Waals surface area contributed by atoms with Crippen LogP contribution in [-0.4, -0.2) is 54.7 Å². The summed E-state index contributed by atoms with van der Waals surface area (Å²) in [7, 11) is 1.47. The summed E-state index contributed by atoms with van der Waals surface area (Å²) in [5, 5.41) is 23.4. The number of rotatable bonds is 8. The number of methoxy groups -OCH3 is 1. The normalized spacial score (nSPS) is 11.3. The Balaban J connectivity index is 0.000000909. The molecule has 0 saturated carbocycles. The monoisotopic (exact) mass is 559 g/mol. The van der Waals surface area contributed by atoms with Crippen molar-refractivity contribution >= 4 is 34.4 Å². The molecule has 15 nitrogen and oxygen atoms in total. The van der Waals surface area contributed by atoms with Gasteiger partial charge in [-0.2, -0.15) is 0 Å². The number of nitrogen functional groups attached to an aromatic ring is 1. The number of carbonyl (C=O) groups excluding carboxylic acids is 1. The number of anilines is 1. The molecular formula is C26H25N9O6. The van der Waals surface area contributed by atoms with Gasteiger partial charge in [-0.3, -0.25) is 20.0 Å². The largest absolute Gasteiger partial charge is 0.493 e. The molecule has 2 aromatic carbocycles. The van der Waals surface area contributed by atoms with Crippen molar-refractivity contribution < 1.29 is 23.8 Å². The molecule has 0 radical (unpaired) electrons. The van der Waals surface area contributed by atoms with Crippen LogP contribution in [0.2, 0.25) is 0 Å². The molecule has 1 atom stereocenters. The highest BCUT2D eigenvalue weighted by atomic mass is 16.5. The number of carbonyl (C=O) groups is 2. The van der Waals surface area contributed by atoms with Gasteiger partial charge in [-0.1, -0.05) is 0 Å². The van der Waals surface area contributed by atoms with Crippen LogP contribution in [0.5, 0.6) is 5.75 Å². The van der Waals surface area contributed by atoms with E-state index in [1.54, 1.807) is 42.5 Å². The number of fused-ring (bicyclic) bond motifs is 1. The molecule has 0 fully saturated rings. The van der Waals surface area contributed by atoms with Crippen molar-refractivity contribution in [3.05, 3.63) is 94.1 Å². The number of hydrogen-bond donors (Lipinski definition) is 6. The van der Waals surface area contributed by atoms with Gasteiger partial charge in [0.15, 0.2) is 22.9 Å². The number of primary amides is 1. The van der Waals surface area contributed by atoms with Crippen LogP contribution in [0, 0.1) is 5.41 Å². The molecule has 0 aliphatic rings. The van der Waals surface area contributed by atoms with Crippen LogP contribution < -0.4 is 27.2 Å². The van der Waals surface area contributed by atoms with Gasteiger partial charge in [0.2, 0.25) is 0 Å². The number of aliphatic carboxylic acids is 1. The van der Waals surface area contributed by atoms with Crippen LogP contribution >= 0.6 is 0 Å². The van der Waals surface area contributed by atoms with Gasteiger partial charge in [-0.05, 0) is 54.1 Å². The number of amides is 1. The first-order valence-electron chi connectivity index (χ1n) is 11.9. The summed E-state index contributed by atoms with van der Waals surface area (Å²) in [4.78, 5) is 44.4. The SMILES string of the molecule is CC(=O)O.COc1cc(C(Nc2ccc(C(=N)N)cc2)c2nn(-c3ncccn3)c(=O)[nH]2)cc2cc(C(N)=O)oc12. The molecule has 5 rings (SSSR count).